The molecule has 2 amide bonds. The maximum atomic E-state index is 12.4. The van der Waals surface area contributed by atoms with Crippen molar-refractivity contribution in [3.05, 3.63) is 29.3 Å². The molecule has 1 saturated heterocycles. The van der Waals surface area contributed by atoms with Crippen LogP contribution in [0.4, 0.5) is 5.69 Å². The van der Waals surface area contributed by atoms with Crippen molar-refractivity contribution in [2.75, 3.05) is 18.4 Å². The van der Waals surface area contributed by atoms with E-state index >= 15 is 0 Å². The molecule has 1 aromatic carbocycles. The van der Waals surface area contributed by atoms with Crippen molar-refractivity contribution in [2.24, 2.45) is 11.7 Å². The Balaban J connectivity index is 1.94. The zero-order chi connectivity index (χ0) is 16.3. The number of nitrogens with zero attached hydrogens (tertiary/aromatic N) is 1. The van der Waals surface area contributed by atoms with E-state index in [0.717, 1.165) is 37.2 Å². The largest absolute Gasteiger partial charge is 0.369 e. The molecule has 1 aliphatic rings. The number of primary amides is 1. The van der Waals surface area contributed by atoms with Crippen molar-refractivity contribution >= 4 is 17.5 Å². The highest BCUT2D eigenvalue weighted by atomic mass is 16.2. The average Bonchev–Trinajstić information content (AvgIpc) is 2.49. The summed E-state index contributed by atoms with van der Waals surface area (Å²) in [6.45, 7) is 7.39. The summed E-state index contributed by atoms with van der Waals surface area (Å²) in [6, 6.07) is 5.77. The Kier molecular flexibility index (Phi) is 5.19. The van der Waals surface area contributed by atoms with Gasteiger partial charge >= 0.3 is 0 Å². The lowest BCUT2D eigenvalue weighted by Gasteiger charge is -2.34. The van der Waals surface area contributed by atoms with Crippen LogP contribution in [0.1, 0.15) is 30.9 Å². The van der Waals surface area contributed by atoms with Gasteiger partial charge in [0.2, 0.25) is 11.8 Å². The molecule has 1 heterocycles. The van der Waals surface area contributed by atoms with Crippen LogP contribution in [-0.2, 0) is 9.59 Å². The molecule has 0 saturated carbocycles. The van der Waals surface area contributed by atoms with Gasteiger partial charge in [0.05, 0.1) is 6.04 Å². The van der Waals surface area contributed by atoms with Crippen molar-refractivity contribution in [3.8, 4) is 0 Å². The van der Waals surface area contributed by atoms with Crippen LogP contribution in [0.2, 0.25) is 0 Å². The van der Waals surface area contributed by atoms with E-state index < -0.39 is 0 Å². The van der Waals surface area contributed by atoms with Crippen LogP contribution in [0.15, 0.2) is 18.2 Å². The molecule has 1 aliphatic heterocycles. The summed E-state index contributed by atoms with van der Waals surface area (Å²) in [7, 11) is 0. The van der Waals surface area contributed by atoms with Crippen molar-refractivity contribution < 1.29 is 9.59 Å². The summed E-state index contributed by atoms with van der Waals surface area (Å²) in [6.07, 6.45) is 1.47. The summed E-state index contributed by atoms with van der Waals surface area (Å²) in [5, 5.41) is 3.00. The van der Waals surface area contributed by atoms with Gasteiger partial charge < -0.3 is 11.1 Å². The normalized spacial score (nSPS) is 18.0. The Bertz CT molecular complexity index is 563. The lowest BCUT2D eigenvalue weighted by Crippen LogP contribution is -2.47. The molecule has 5 heteroatoms. The van der Waals surface area contributed by atoms with Crippen molar-refractivity contribution in [1.29, 1.82) is 0 Å². The lowest BCUT2D eigenvalue weighted by molar-refractivity contribution is -0.124. The highest BCUT2D eigenvalue weighted by molar-refractivity contribution is 5.95. The summed E-state index contributed by atoms with van der Waals surface area (Å²) in [4.78, 5) is 25.7. The first-order chi connectivity index (χ1) is 10.4. The van der Waals surface area contributed by atoms with E-state index in [1.807, 2.05) is 32.9 Å². The van der Waals surface area contributed by atoms with E-state index in [-0.39, 0.29) is 23.8 Å². The third kappa shape index (κ3) is 3.85. The van der Waals surface area contributed by atoms with Crippen LogP contribution in [0.5, 0.6) is 0 Å². The van der Waals surface area contributed by atoms with E-state index in [1.165, 1.54) is 5.56 Å². The fourth-order valence-electron chi connectivity index (χ4n) is 2.93. The third-order valence-electron chi connectivity index (χ3n) is 4.50. The van der Waals surface area contributed by atoms with E-state index in [4.69, 9.17) is 5.73 Å². The Morgan fingerprint density at radius 1 is 1.27 bits per heavy atom. The van der Waals surface area contributed by atoms with E-state index in [2.05, 4.69) is 16.3 Å². The number of benzene rings is 1. The number of anilines is 1. The minimum Gasteiger partial charge on any atom is -0.369 e. The van der Waals surface area contributed by atoms with Gasteiger partial charge in [-0.3, -0.25) is 14.5 Å². The quantitative estimate of drug-likeness (QED) is 0.891. The third-order valence-corrected chi connectivity index (χ3v) is 4.50. The van der Waals surface area contributed by atoms with Gasteiger partial charge in [0.15, 0.2) is 0 Å². The molecule has 2 rings (SSSR count). The average molecular weight is 303 g/mol. The van der Waals surface area contributed by atoms with Gasteiger partial charge in [0, 0.05) is 11.6 Å². The maximum absolute atomic E-state index is 12.4. The zero-order valence-electron chi connectivity index (χ0n) is 13.6. The zero-order valence-corrected chi connectivity index (χ0v) is 13.6. The molecule has 1 fully saturated rings. The van der Waals surface area contributed by atoms with Crippen molar-refractivity contribution in [1.82, 2.24) is 4.90 Å². The number of piperidine rings is 1. The monoisotopic (exact) mass is 303 g/mol. The molecule has 0 aliphatic carbocycles. The van der Waals surface area contributed by atoms with Gasteiger partial charge in [-0.25, -0.2) is 0 Å². The van der Waals surface area contributed by atoms with Crippen molar-refractivity contribution in [2.45, 2.75) is 39.7 Å². The second-order valence-electron chi connectivity index (χ2n) is 6.20. The molecule has 22 heavy (non-hydrogen) atoms. The van der Waals surface area contributed by atoms with Crippen LogP contribution in [0.3, 0.4) is 0 Å². The smallest absolute Gasteiger partial charge is 0.241 e. The Morgan fingerprint density at radius 3 is 2.45 bits per heavy atom. The van der Waals surface area contributed by atoms with Crippen molar-refractivity contribution in [3.63, 3.8) is 0 Å². The minimum atomic E-state index is -0.230. The van der Waals surface area contributed by atoms with Crippen LogP contribution in [-0.4, -0.2) is 35.8 Å². The van der Waals surface area contributed by atoms with Crippen LogP contribution in [0.25, 0.3) is 0 Å². The summed E-state index contributed by atoms with van der Waals surface area (Å²) in [5.74, 6) is -0.289. The summed E-state index contributed by atoms with van der Waals surface area (Å²) in [5.41, 5.74) is 8.44. The van der Waals surface area contributed by atoms with Gasteiger partial charge in [-0.1, -0.05) is 17.7 Å². The fraction of sp³-hybridized carbons (Fsp3) is 0.529. The molecule has 0 spiro atoms. The SMILES string of the molecule is Cc1ccc(NC(=O)[C@H](C)N2CCC(C(N)=O)CC2)c(C)c1. The van der Waals surface area contributed by atoms with E-state index in [0.29, 0.717) is 0 Å². The fourth-order valence-corrected chi connectivity index (χ4v) is 2.93. The minimum absolute atomic E-state index is 0.00974. The highest BCUT2D eigenvalue weighted by Gasteiger charge is 2.28. The molecule has 0 radical (unpaired) electrons. The Hall–Kier alpha value is -1.88. The molecule has 0 bridgehead atoms. The topological polar surface area (TPSA) is 75.4 Å². The summed E-state index contributed by atoms with van der Waals surface area (Å²) < 4.78 is 0. The van der Waals surface area contributed by atoms with Gasteiger partial charge in [-0.2, -0.15) is 0 Å². The first kappa shape index (κ1) is 16.5. The molecule has 0 aromatic heterocycles. The maximum Gasteiger partial charge on any atom is 0.241 e. The Morgan fingerprint density at radius 2 is 1.91 bits per heavy atom. The number of nitrogens with one attached hydrogen (secondary N) is 1. The number of amides is 2. The lowest BCUT2D eigenvalue weighted by atomic mass is 9.95. The second kappa shape index (κ2) is 6.92. The Labute approximate surface area is 131 Å². The molecule has 5 nitrogen and oxygen atoms in total. The second-order valence-corrected chi connectivity index (χ2v) is 6.20. The molecular formula is C17H25N3O2. The molecule has 3 N–H and O–H groups in total. The predicted molar refractivity (Wildman–Crippen MR) is 87.5 cm³/mol. The number of likely N-dealkylation sites (tertiary alicyclic amines) is 1. The van der Waals surface area contributed by atoms with Crippen LogP contribution >= 0.6 is 0 Å². The molecule has 120 valence electrons. The number of aryl methyl sites for hydroxylation is 2. The molecular weight excluding hydrogens is 278 g/mol. The van der Waals surface area contributed by atoms with Gasteiger partial charge in [0.1, 0.15) is 0 Å². The molecule has 0 unspecified atom stereocenters. The number of hydrogen-bond donors (Lipinski definition) is 2. The van der Waals surface area contributed by atoms with E-state index in [1.54, 1.807) is 0 Å². The number of rotatable bonds is 4. The number of carbonyl (C=O) groups is 2. The standard InChI is InChI=1S/C17H25N3O2/c1-11-4-5-15(12(2)10-11)19-17(22)13(3)20-8-6-14(7-9-20)16(18)21/h4-5,10,13-14H,6-9H2,1-3H3,(H2,18,21)(H,19,22)/t13-/m0/s1. The van der Waals surface area contributed by atoms with Gasteiger partial charge in [-0.05, 0) is 58.3 Å². The predicted octanol–water partition coefficient (Wildman–Crippen LogP) is 1.83. The van der Waals surface area contributed by atoms with Gasteiger partial charge in [0.25, 0.3) is 0 Å². The van der Waals surface area contributed by atoms with Crippen LogP contribution in [0, 0.1) is 19.8 Å². The van der Waals surface area contributed by atoms with E-state index in [9.17, 15) is 9.59 Å². The molecule has 1 atom stereocenters. The molecule has 1 aromatic rings. The number of nitrogens with two attached hydrogens (primary N) is 1. The number of hydrogen-bond acceptors (Lipinski definition) is 3. The van der Waals surface area contributed by atoms with Gasteiger partial charge in [-0.15, -0.1) is 0 Å². The number of carbonyl (C=O) groups excluding carboxylic acids is 2. The first-order valence-corrected chi connectivity index (χ1v) is 7.80. The highest BCUT2D eigenvalue weighted by Crippen LogP contribution is 2.20. The summed E-state index contributed by atoms with van der Waals surface area (Å²) >= 11 is 0. The first-order valence-electron chi connectivity index (χ1n) is 7.80. The van der Waals surface area contributed by atoms with Crippen LogP contribution < -0.4 is 11.1 Å².